The van der Waals surface area contributed by atoms with Gasteiger partial charge in [-0.2, -0.15) is 5.10 Å². The van der Waals surface area contributed by atoms with E-state index in [0.29, 0.717) is 12.0 Å². The Balaban J connectivity index is 1.60. The Hall–Kier alpha value is -1.89. The van der Waals surface area contributed by atoms with Crippen LogP contribution < -0.4 is 4.74 Å². The number of methoxy groups -OCH3 is 1. The molecule has 0 amide bonds. The minimum atomic E-state index is 0.221. The summed E-state index contributed by atoms with van der Waals surface area (Å²) in [6.07, 6.45) is 1.81. The van der Waals surface area contributed by atoms with E-state index in [1.54, 1.807) is 7.11 Å². The lowest BCUT2D eigenvalue weighted by molar-refractivity contribution is 0.0494. The SMILES string of the molecule is COc1ccc(CN2CCN(Cc3cc(CC(C)C)n[nH]3)C[C@H]2CCO)cc1C. The molecule has 2 aromatic rings. The van der Waals surface area contributed by atoms with Crippen molar-refractivity contribution >= 4 is 0 Å². The van der Waals surface area contributed by atoms with Gasteiger partial charge in [-0.1, -0.05) is 26.0 Å². The largest absolute Gasteiger partial charge is 0.496 e. The van der Waals surface area contributed by atoms with Gasteiger partial charge in [-0.25, -0.2) is 0 Å². The van der Waals surface area contributed by atoms with Gasteiger partial charge in [0.2, 0.25) is 0 Å². The predicted molar refractivity (Wildman–Crippen MR) is 116 cm³/mol. The van der Waals surface area contributed by atoms with Crippen molar-refractivity contribution in [1.29, 1.82) is 0 Å². The lowest BCUT2D eigenvalue weighted by Crippen LogP contribution is -2.52. The molecule has 0 bridgehead atoms. The Morgan fingerprint density at radius 2 is 2.07 bits per heavy atom. The summed E-state index contributed by atoms with van der Waals surface area (Å²) in [6.45, 7) is 11.5. The van der Waals surface area contributed by atoms with E-state index in [-0.39, 0.29) is 6.61 Å². The summed E-state index contributed by atoms with van der Waals surface area (Å²) in [6, 6.07) is 8.97. The number of nitrogens with zero attached hydrogens (tertiary/aromatic N) is 3. The molecule has 160 valence electrons. The standard InChI is InChI=1S/C23H36N4O2/c1-17(2)11-20-13-21(25-24-20)15-26-8-9-27(22(16-26)7-10-28)14-19-5-6-23(29-4)18(3)12-19/h5-6,12-13,17,22,28H,7-11,14-16H2,1-4H3,(H,24,25)/t22-/m1/s1. The Morgan fingerprint density at radius 1 is 1.24 bits per heavy atom. The summed E-state index contributed by atoms with van der Waals surface area (Å²) >= 11 is 0. The summed E-state index contributed by atoms with van der Waals surface area (Å²) in [5, 5.41) is 17.3. The number of aliphatic hydroxyl groups excluding tert-OH is 1. The zero-order chi connectivity index (χ0) is 20.8. The monoisotopic (exact) mass is 400 g/mol. The molecule has 0 unspecified atom stereocenters. The van der Waals surface area contributed by atoms with Gasteiger partial charge in [0.1, 0.15) is 5.75 Å². The molecule has 1 aliphatic rings. The van der Waals surface area contributed by atoms with Crippen molar-refractivity contribution in [2.24, 2.45) is 5.92 Å². The summed E-state index contributed by atoms with van der Waals surface area (Å²) in [4.78, 5) is 4.98. The van der Waals surface area contributed by atoms with Gasteiger partial charge in [0, 0.05) is 51.1 Å². The molecule has 1 aliphatic heterocycles. The van der Waals surface area contributed by atoms with Crippen LogP contribution in [0.15, 0.2) is 24.3 Å². The van der Waals surface area contributed by atoms with Crippen LogP contribution >= 0.6 is 0 Å². The number of H-pyrrole nitrogens is 1. The summed E-state index contributed by atoms with van der Waals surface area (Å²) in [7, 11) is 1.71. The maximum Gasteiger partial charge on any atom is 0.121 e. The second-order valence-electron chi connectivity index (χ2n) is 8.66. The van der Waals surface area contributed by atoms with Crippen molar-refractivity contribution in [3.63, 3.8) is 0 Å². The minimum Gasteiger partial charge on any atom is -0.496 e. The van der Waals surface area contributed by atoms with Gasteiger partial charge in [-0.15, -0.1) is 0 Å². The number of aromatic nitrogens is 2. The summed E-state index contributed by atoms with van der Waals surface area (Å²) in [5.41, 5.74) is 4.79. The zero-order valence-electron chi connectivity index (χ0n) is 18.3. The smallest absolute Gasteiger partial charge is 0.121 e. The highest BCUT2D eigenvalue weighted by Gasteiger charge is 2.27. The minimum absolute atomic E-state index is 0.221. The zero-order valence-corrected chi connectivity index (χ0v) is 18.3. The molecule has 0 saturated carbocycles. The number of nitrogens with one attached hydrogen (secondary N) is 1. The van der Waals surface area contributed by atoms with Crippen LogP contribution in [0.5, 0.6) is 5.75 Å². The van der Waals surface area contributed by atoms with Gasteiger partial charge >= 0.3 is 0 Å². The quantitative estimate of drug-likeness (QED) is 0.677. The van der Waals surface area contributed by atoms with Crippen LogP contribution in [0.25, 0.3) is 0 Å². The van der Waals surface area contributed by atoms with E-state index in [2.05, 4.69) is 65.0 Å². The van der Waals surface area contributed by atoms with E-state index < -0.39 is 0 Å². The number of aromatic amines is 1. The third-order valence-corrected chi connectivity index (χ3v) is 5.69. The Morgan fingerprint density at radius 3 is 2.76 bits per heavy atom. The van der Waals surface area contributed by atoms with Crippen molar-refractivity contribution in [3.8, 4) is 5.75 Å². The number of aryl methyl sites for hydroxylation is 1. The van der Waals surface area contributed by atoms with Gasteiger partial charge in [0.15, 0.2) is 0 Å². The molecular formula is C23H36N4O2. The topological polar surface area (TPSA) is 64.6 Å². The highest BCUT2D eigenvalue weighted by molar-refractivity contribution is 5.36. The van der Waals surface area contributed by atoms with Crippen molar-refractivity contribution in [2.45, 2.75) is 52.7 Å². The van der Waals surface area contributed by atoms with Crippen LogP contribution in [0.3, 0.4) is 0 Å². The van der Waals surface area contributed by atoms with Gasteiger partial charge in [-0.3, -0.25) is 14.9 Å². The first-order chi connectivity index (χ1) is 14.0. The second kappa shape index (κ2) is 10.2. The lowest BCUT2D eigenvalue weighted by Gasteiger charge is -2.41. The van der Waals surface area contributed by atoms with Crippen LogP contribution in [0, 0.1) is 12.8 Å². The fraction of sp³-hybridized carbons (Fsp3) is 0.609. The Bertz CT molecular complexity index is 774. The van der Waals surface area contributed by atoms with Gasteiger partial charge in [-0.05, 0) is 48.9 Å². The van der Waals surface area contributed by atoms with E-state index in [4.69, 9.17) is 4.74 Å². The van der Waals surface area contributed by atoms with Crippen LogP contribution in [0.1, 0.15) is 42.8 Å². The number of hydrogen-bond acceptors (Lipinski definition) is 5. The average Bonchev–Trinajstić information content (AvgIpc) is 3.10. The van der Waals surface area contributed by atoms with Crippen molar-refractivity contribution in [1.82, 2.24) is 20.0 Å². The second-order valence-corrected chi connectivity index (χ2v) is 8.66. The van der Waals surface area contributed by atoms with Gasteiger partial charge in [0.25, 0.3) is 0 Å². The van der Waals surface area contributed by atoms with Gasteiger partial charge < -0.3 is 9.84 Å². The first kappa shape index (κ1) is 21.8. The van der Waals surface area contributed by atoms with E-state index in [1.807, 2.05) is 0 Å². The molecule has 0 spiro atoms. The molecule has 1 atom stereocenters. The fourth-order valence-corrected chi connectivity index (χ4v) is 4.26. The van der Waals surface area contributed by atoms with E-state index in [0.717, 1.165) is 57.0 Å². The number of hydrogen-bond donors (Lipinski definition) is 2. The van der Waals surface area contributed by atoms with Crippen LogP contribution in [0.4, 0.5) is 0 Å². The molecule has 2 N–H and O–H groups in total. The predicted octanol–water partition coefficient (Wildman–Crippen LogP) is 2.99. The molecule has 1 aromatic carbocycles. The molecule has 3 rings (SSSR count). The molecule has 29 heavy (non-hydrogen) atoms. The van der Waals surface area contributed by atoms with Crippen LogP contribution in [-0.2, 0) is 19.5 Å². The van der Waals surface area contributed by atoms with E-state index in [9.17, 15) is 5.11 Å². The maximum atomic E-state index is 9.60. The number of piperazine rings is 1. The molecule has 0 aliphatic carbocycles. The summed E-state index contributed by atoms with van der Waals surface area (Å²) < 4.78 is 5.38. The number of ether oxygens (including phenoxy) is 1. The molecule has 1 saturated heterocycles. The highest BCUT2D eigenvalue weighted by Crippen LogP contribution is 2.22. The molecule has 6 heteroatoms. The molecular weight excluding hydrogens is 364 g/mol. The van der Waals surface area contributed by atoms with E-state index in [1.165, 1.54) is 16.8 Å². The molecule has 1 aromatic heterocycles. The first-order valence-corrected chi connectivity index (χ1v) is 10.7. The van der Waals surface area contributed by atoms with Gasteiger partial charge in [0.05, 0.1) is 12.8 Å². The molecule has 0 radical (unpaired) electrons. The Labute approximate surface area is 174 Å². The Kier molecular flexibility index (Phi) is 7.70. The summed E-state index contributed by atoms with van der Waals surface area (Å²) in [5.74, 6) is 1.55. The number of rotatable bonds is 9. The first-order valence-electron chi connectivity index (χ1n) is 10.7. The number of benzene rings is 1. The van der Waals surface area contributed by atoms with Crippen LogP contribution in [0.2, 0.25) is 0 Å². The number of aliphatic hydroxyl groups is 1. The average molecular weight is 401 g/mol. The highest BCUT2D eigenvalue weighted by atomic mass is 16.5. The third kappa shape index (κ3) is 6.04. The van der Waals surface area contributed by atoms with Crippen molar-refractivity contribution in [3.05, 3.63) is 46.8 Å². The fourth-order valence-electron chi connectivity index (χ4n) is 4.26. The molecule has 2 heterocycles. The maximum absolute atomic E-state index is 9.60. The molecule has 1 fully saturated rings. The van der Waals surface area contributed by atoms with E-state index >= 15 is 0 Å². The third-order valence-electron chi connectivity index (χ3n) is 5.69. The van der Waals surface area contributed by atoms with Crippen molar-refractivity contribution in [2.75, 3.05) is 33.4 Å². The van der Waals surface area contributed by atoms with Crippen molar-refractivity contribution < 1.29 is 9.84 Å². The molecule has 6 nitrogen and oxygen atoms in total. The lowest BCUT2D eigenvalue weighted by atomic mass is 10.0. The van der Waals surface area contributed by atoms with Crippen LogP contribution in [-0.4, -0.2) is 64.5 Å². The normalized spacial score (nSPS) is 18.5.